The molecule has 0 bridgehead atoms. The number of carboxylic acid groups (broad SMARTS) is 1. The highest BCUT2D eigenvalue weighted by Gasteiger charge is 2.34. The lowest BCUT2D eigenvalue weighted by atomic mass is 9.71. The van der Waals surface area contributed by atoms with Gasteiger partial charge >= 0.3 is 11.7 Å². The molecule has 144 valence electrons. The minimum absolute atomic E-state index is 0.00376. The van der Waals surface area contributed by atoms with Gasteiger partial charge in [-0.2, -0.15) is 0 Å². The zero-order valence-electron chi connectivity index (χ0n) is 15.0. The standard InChI is InChI=1S/C19H23N3O5/c23-15(20-12-19(10-16(24)25)8-4-1-5-9-19)11-22-17(26)13-6-2-3-7-14(13)21-18(22)27/h2-3,6-7H,1,4-5,8-12H2,(H,20,23)(H,21,27)(H,24,25). The number of aromatic amines is 1. The van der Waals surface area contributed by atoms with Crippen LogP contribution in [-0.2, 0) is 16.1 Å². The van der Waals surface area contributed by atoms with Crippen LogP contribution in [0.5, 0.6) is 0 Å². The molecule has 0 spiro atoms. The van der Waals surface area contributed by atoms with Crippen molar-refractivity contribution >= 4 is 22.8 Å². The Balaban J connectivity index is 1.74. The quantitative estimate of drug-likeness (QED) is 0.703. The number of hydrogen-bond donors (Lipinski definition) is 3. The van der Waals surface area contributed by atoms with E-state index < -0.39 is 35.1 Å². The lowest BCUT2D eigenvalue weighted by Gasteiger charge is -2.36. The van der Waals surface area contributed by atoms with Gasteiger partial charge < -0.3 is 15.4 Å². The number of benzene rings is 1. The molecule has 0 atom stereocenters. The molecule has 1 heterocycles. The molecule has 0 radical (unpaired) electrons. The molecule has 3 rings (SSSR count). The van der Waals surface area contributed by atoms with E-state index in [-0.39, 0.29) is 13.0 Å². The van der Waals surface area contributed by atoms with Crippen molar-refractivity contribution in [1.82, 2.24) is 14.9 Å². The van der Waals surface area contributed by atoms with Gasteiger partial charge in [-0.3, -0.25) is 19.0 Å². The van der Waals surface area contributed by atoms with Crippen LogP contribution in [0.15, 0.2) is 33.9 Å². The summed E-state index contributed by atoms with van der Waals surface area (Å²) in [4.78, 5) is 50.8. The fraction of sp³-hybridized carbons (Fsp3) is 0.474. The second-order valence-corrected chi connectivity index (χ2v) is 7.27. The smallest absolute Gasteiger partial charge is 0.329 e. The molecule has 3 N–H and O–H groups in total. The van der Waals surface area contributed by atoms with Gasteiger partial charge in [-0.25, -0.2) is 4.79 Å². The largest absolute Gasteiger partial charge is 0.481 e. The number of rotatable bonds is 6. The first-order valence-corrected chi connectivity index (χ1v) is 9.11. The summed E-state index contributed by atoms with van der Waals surface area (Å²) in [5, 5.41) is 12.3. The van der Waals surface area contributed by atoms with E-state index in [1.54, 1.807) is 24.3 Å². The molecule has 1 aromatic carbocycles. The Bertz CT molecular complexity index is 969. The van der Waals surface area contributed by atoms with Crippen LogP contribution in [0.25, 0.3) is 10.9 Å². The van der Waals surface area contributed by atoms with Crippen molar-refractivity contribution in [3.8, 4) is 0 Å². The third kappa shape index (κ3) is 4.27. The Hall–Kier alpha value is -2.90. The fourth-order valence-corrected chi connectivity index (χ4v) is 3.87. The molecule has 1 aromatic heterocycles. The van der Waals surface area contributed by atoms with E-state index >= 15 is 0 Å². The number of H-pyrrole nitrogens is 1. The average Bonchev–Trinajstić information content (AvgIpc) is 2.64. The highest BCUT2D eigenvalue weighted by atomic mass is 16.4. The zero-order chi connectivity index (χ0) is 19.4. The molecule has 1 saturated carbocycles. The molecule has 8 nitrogen and oxygen atoms in total. The molecular weight excluding hydrogens is 350 g/mol. The number of amides is 1. The van der Waals surface area contributed by atoms with Gasteiger partial charge in [0.25, 0.3) is 5.56 Å². The Morgan fingerprint density at radius 1 is 1.15 bits per heavy atom. The molecule has 2 aromatic rings. The summed E-state index contributed by atoms with van der Waals surface area (Å²) in [5.41, 5.74) is -1.21. The van der Waals surface area contributed by atoms with E-state index in [1.165, 1.54) is 0 Å². The molecule has 0 aliphatic heterocycles. The van der Waals surface area contributed by atoms with Gasteiger partial charge in [-0.1, -0.05) is 31.4 Å². The number of carbonyl (C=O) groups is 2. The van der Waals surface area contributed by atoms with E-state index in [1.807, 2.05) is 0 Å². The first kappa shape index (κ1) is 18.9. The van der Waals surface area contributed by atoms with Crippen LogP contribution in [0, 0.1) is 5.41 Å². The molecule has 0 saturated heterocycles. The van der Waals surface area contributed by atoms with Gasteiger partial charge in [0.2, 0.25) is 5.91 Å². The van der Waals surface area contributed by atoms with Crippen LogP contribution in [-0.4, -0.2) is 33.1 Å². The van der Waals surface area contributed by atoms with E-state index in [0.29, 0.717) is 10.9 Å². The van der Waals surface area contributed by atoms with Crippen molar-refractivity contribution < 1.29 is 14.7 Å². The SMILES string of the molecule is O=C(O)CC1(CNC(=O)Cn2c(=O)[nH]c3ccccc3c2=O)CCCCC1. The Kier molecular flexibility index (Phi) is 5.43. The number of para-hydroxylation sites is 1. The summed E-state index contributed by atoms with van der Waals surface area (Å²) < 4.78 is 0.863. The highest BCUT2D eigenvalue weighted by molar-refractivity contribution is 5.79. The molecule has 1 aliphatic rings. The molecule has 1 fully saturated rings. The van der Waals surface area contributed by atoms with Gasteiger partial charge in [0.1, 0.15) is 6.54 Å². The van der Waals surface area contributed by atoms with E-state index in [9.17, 15) is 24.3 Å². The molecule has 8 heteroatoms. The maximum Gasteiger partial charge on any atom is 0.329 e. The summed E-state index contributed by atoms with van der Waals surface area (Å²) in [6, 6.07) is 6.61. The zero-order valence-corrected chi connectivity index (χ0v) is 15.0. The van der Waals surface area contributed by atoms with Gasteiger partial charge in [0.15, 0.2) is 0 Å². The summed E-state index contributed by atoms with van der Waals surface area (Å²) in [5.74, 6) is -1.36. The van der Waals surface area contributed by atoms with E-state index in [2.05, 4.69) is 10.3 Å². The maximum absolute atomic E-state index is 12.5. The van der Waals surface area contributed by atoms with Crippen molar-refractivity contribution in [3.05, 3.63) is 45.1 Å². The topological polar surface area (TPSA) is 121 Å². The molecule has 27 heavy (non-hydrogen) atoms. The number of carbonyl (C=O) groups excluding carboxylic acids is 1. The average molecular weight is 373 g/mol. The normalized spacial score (nSPS) is 16.1. The van der Waals surface area contributed by atoms with Crippen LogP contribution in [0.2, 0.25) is 0 Å². The summed E-state index contributed by atoms with van der Waals surface area (Å²) >= 11 is 0. The molecular formula is C19H23N3O5. The summed E-state index contributed by atoms with van der Waals surface area (Å²) in [7, 11) is 0. The van der Waals surface area contributed by atoms with E-state index in [0.717, 1.165) is 36.7 Å². The van der Waals surface area contributed by atoms with E-state index in [4.69, 9.17) is 0 Å². The second-order valence-electron chi connectivity index (χ2n) is 7.27. The number of aliphatic carboxylic acids is 1. The fourth-order valence-electron chi connectivity index (χ4n) is 3.87. The maximum atomic E-state index is 12.5. The van der Waals surface area contributed by atoms with Crippen LogP contribution >= 0.6 is 0 Å². The number of fused-ring (bicyclic) bond motifs is 1. The van der Waals surface area contributed by atoms with Gasteiger partial charge in [-0.15, -0.1) is 0 Å². The van der Waals surface area contributed by atoms with Crippen LogP contribution < -0.4 is 16.6 Å². The van der Waals surface area contributed by atoms with Crippen LogP contribution in [0.3, 0.4) is 0 Å². The van der Waals surface area contributed by atoms with Crippen molar-refractivity contribution in [3.63, 3.8) is 0 Å². The van der Waals surface area contributed by atoms with Gasteiger partial charge in [-0.05, 0) is 30.4 Å². The van der Waals surface area contributed by atoms with Crippen molar-refractivity contribution in [2.45, 2.75) is 45.1 Å². The third-order valence-electron chi connectivity index (χ3n) is 5.29. The Morgan fingerprint density at radius 3 is 2.56 bits per heavy atom. The number of nitrogens with one attached hydrogen (secondary N) is 2. The number of hydrogen-bond acceptors (Lipinski definition) is 4. The predicted molar refractivity (Wildman–Crippen MR) is 99.6 cm³/mol. The first-order valence-electron chi connectivity index (χ1n) is 9.11. The van der Waals surface area contributed by atoms with Gasteiger partial charge in [0.05, 0.1) is 17.3 Å². The first-order chi connectivity index (χ1) is 12.9. The Morgan fingerprint density at radius 2 is 1.85 bits per heavy atom. The summed E-state index contributed by atoms with van der Waals surface area (Å²) in [6.07, 6.45) is 4.44. The lowest BCUT2D eigenvalue weighted by molar-refractivity contribution is -0.140. The van der Waals surface area contributed by atoms with Crippen molar-refractivity contribution in [2.24, 2.45) is 5.41 Å². The van der Waals surface area contributed by atoms with Crippen LogP contribution in [0.1, 0.15) is 38.5 Å². The van der Waals surface area contributed by atoms with Crippen LogP contribution in [0.4, 0.5) is 0 Å². The number of aromatic nitrogens is 2. The minimum Gasteiger partial charge on any atom is -0.481 e. The lowest BCUT2D eigenvalue weighted by Crippen LogP contribution is -2.44. The molecule has 0 unspecified atom stereocenters. The van der Waals surface area contributed by atoms with Crippen molar-refractivity contribution in [1.29, 1.82) is 0 Å². The number of nitrogens with zero attached hydrogens (tertiary/aromatic N) is 1. The minimum atomic E-state index is -0.881. The number of carboxylic acids is 1. The van der Waals surface area contributed by atoms with Gasteiger partial charge in [0, 0.05) is 6.54 Å². The predicted octanol–water partition coefficient (Wildman–Crippen LogP) is 1.23. The molecule has 1 aliphatic carbocycles. The third-order valence-corrected chi connectivity index (χ3v) is 5.29. The Labute approximate surface area is 155 Å². The molecule has 1 amide bonds. The second kappa shape index (κ2) is 7.77. The highest BCUT2D eigenvalue weighted by Crippen LogP contribution is 2.38. The van der Waals surface area contributed by atoms with Crippen molar-refractivity contribution in [2.75, 3.05) is 6.54 Å². The summed E-state index contributed by atoms with van der Waals surface area (Å²) in [6.45, 7) is -0.166. The monoisotopic (exact) mass is 373 g/mol.